The molecule has 162 valence electrons. The van der Waals surface area contributed by atoms with Crippen molar-refractivity contribution in [3.05, 3.63) is 36.4 Å². The number of aryl methyl sites for hydroxylation is 1. The van der Waals surface area contributed by atoms with E-state index in [0.717, 1.165) is 47.4 Å². The first-order valence-electron chi connectivity index (χ1n) is 10.3. The standard InChI is InChI=1S/C22H22F2N4O3/c23-22(24)31-15-6-4-13(5-7-15)21-27-16-10-14(26-18(20(25)29)12-2-3-12)11-17-19(16)28(21)8-1-9-30-17/h4-7,10-12,18,22,26H,1-3,8-9H2,(H2,25,29)/t18-/m0/s1. The van der Waals surface area contributed by atoms with Crippen LogP contribution in [0.25, 0.3) is 22.4 Å². The first-order chi connectivity index (χ1) is 15.0. The Kier molecular flexibility index (Phi) is 4.88. The van der Waals surface area contributed by atoms with Crippen LogP contribution in [0.3, 0.4) is 0 Å². The number of primary amides is 1. The fraction of sp³-hybridized carbons (Fsp3) is 0.364. The van der Waals surface area contributed by atoms with Gasteiger partial charge in [-0.3, -0.25) is 4.79 Å². The number of nitrogens with zero attached hydrogens (tertiary/aromatic N) is 2. The molecule has 0 saturated heterocycles. The van der Waals surface area contributed by atoms with E-state index in [-0.39, 0.29) is 17.6 Å². The molecule has 5 rings (SSSR count). The van der Waals surface area contributed by atoms with E-state index in [4.69, 9.17) is 15.5 Å². The van der Waals surface area contributed by atoms with Crippen LogP contribution >= 0.6 is 0 Å². The average Bonchev–Trinajstić information content (AvgIpc) is 3.52. The van der Waals surface area contributed by atoms with Crippen molar-refractivity contribution in [2.45, 2.75) is 38.5 Å². The molecule has 31 heavy (non-hydrogen) atoms. The molecule has 0 bridgehead atoms. The highest BCUT2D eigenvalue weighted by atomic mass is 19.3. The van der Waals surface area contributed by atoms with Crippen LogP contribution in [0.4, 0.5) is 14.5 Å². The number of ether oxygens (including phenoxy) is 2. The molecule has 2 aromatic carbocycles. The highest BCUT2D eigenvalue weighted by Crippen LogP contribution is 2.38. The highest BCUT2D eigenvalue weighted by Gasteiger charge is 2.35. The molecule has 1 aliphatic carbocycles. The molecule has 0 radical (unpaired) electrons. The first-order valence-corrected chi connectivity index (χ1v) is 10.3. The van der Waals surface area contributed by atoms with Gasteiger partial charge >= 0.3 is 6.61 Å². The van der Waals surface area contributed by atoms with Crippen LogP contribution in [0, 0.1) is 5.92 Å². The maximum absolute atomic E-state index is 12.4. The second-order valence-corrected chi connectivity index (χ2v) is 7.90. The lowest BCUT2D eigenvalue weighted by Crippen LogP contribution is -2.37. The van der Waals surface area contributed by atoms with Crippen molar-refractivity contribution in [2.75, 3.05) is 11.9 Å². The molecule has 2 heterocycles. The van der Waals surface area contributed by atoms with Crippen molar-refractivity contribution in [1.82, 2.24) is 9.55 Å². The summed E-state index contributed by atoms with van der Waals surface area (Å²) in [4.78, 5) is 16.7. The van der Waals surface area contributed by atoms with Crippen molar-refractivity contribution >= 4 is 22.6 Å². The quantitative estimate of drug-likeness (QED) is 0.598. The Morgan fingerprint density at radius 1 is 1.26 bits per heavy atom. The summed E-state index contributed by atoms with van der Waals surface area (Å²) in [6, 6.07) is 9.78. The molecule has 3 aromatic rings. The maximum Gasteiger partial charge on any atom is 0.387 e. The number of carbonyl (C=O) groups is 1. The number of anilines is 1. The van der Waals surface area contributed by atoms with E-state index in [0.29, 0.717) is 18.9 Å². The number of carbonyl (C=O) groups excluding carboxylic acids is 1. The Morgan fingerprint density at radius 3 is 2.71 bits per heavy atom. The second kappa shape index (κ2) is 7.72. The molecular formula is C22H22F2N4O3. The van der Waals surface area contributed by atoms with E-state index < -0.39 is 12.7 Å². The zero-order chi connectivity index (χ0) is 21.5. The van der Waals surface area contributed by atoms with Crippen molar-refractivity contribution < 1.29 is 23.0 Å². The van der Waals surface area contributed by atoms with Crippen LogP contribution in [0.1, 0.15) is 19.3 Å². The second-order valence-electron chi connectivity index (χ2n) is 7.90. The average molecular weight is 428 g/mol. The third-order valence-electron chi connectivity index (χ3n) is 5.65. The van der Waals surface area contributed by atoms with Crippen molar-refractivity contribution in [3.8, 4) is 22.9 Å². The molecule has 1 aliphatic heterocycles. The number of halogens is 2. The lowest BCUT2D eigenvalue weighted by Gasteiger charge is -2.17. The normalized spacial score (nSPS) is 16.6. The lowest BCUT2D eigenvalue weighted by molar-refractivity contribution is -0.119. The summed E-state index contributed by atoms with van der Waals surface area (Å²) in [5.74, 6) is 1.39. The van der Waals surface area contributed by atoms with Gasteiger partial charge in [0.25, 0.3) is 0 Å². The topological polar surface area (TPSA) is 91.4 Å². The van der Waals surface area contributed by atoms with E-state index in [2.05, 4.69) is 14.6 Å². The Morgan fingerprint density at radius 2 is 2.03 bits per heavy atom. The van der Waals surface area contributed by atoms with Crippen LogP contribution < -0.4 is 20.5 Å². The van der Waals surface area contributed by atoms with Gasteiger partial charge in [0.15, 0.2) is 0 Å². The fourth-order valence-electron chi connectivity index (χ4n) is 4.08. The van der Waals surface area contributed by atoms with E-state index >= 15 is 0 Å². The predicted octanol–water partition coefficient (Wildman–Crippen LogP) is 3.76. The van der Waals surface area contributed by atoms with Gasteiger partial charge in [-0.25, -0.2) is 4.98 Å². The van der Waals surface area contributed by atoms with E-state index in [9.17, 15) is 13.6 Å². The molecule has 9 heteroatoms. The first kappa shape index (κ1) is 19.6. The highest BCUT2D eigenvalue weighted by molar-refractivity contribution is 5.91. The zero-order valence-electron chi connectivity index (χ0n) is 16.7. The van der Waals surface area contributed by atoms with Crippen LogP contribution in [-0.2, 0) is 11.3 Å². The summed E-state index contributed by atoms with van der Waals surface area (Å²) in [5.41, 5.74) is 8.69. The largest absolute Gasteiger partial charge is 0.491 e. The third kappa shape index (κ3) is 3.87. The monoisotopic (exact) mass is 428 g/mol. The van der Waals surface area contributed by atoms with Gasteiger partial charge in [-0.15, -0.1) is 0 Å². The number of imidazole rings is 1. The maximum atomic E-state index is 12.4. The molecule has 1 saturated carbocycles. The molecule has 3 N–H and O–H groups in total. The van der Waals surface area contributed by atoms with E-state index in [1.807, 2.05) is 12.1 Å². The van der Waals surface area contributed by atoms with Crippen molar-refractivity contribution in [1.29, 1.82) is 0 Å². The number of benzene rings is 2. The zero-order valence-corrected chi connectivity index (χ0v) is 16.7. The fourth-order valence-corrected chi connectivity index (χ4v) is 4.08. The number of rotatable bonds is 7. The Labute approximate surface area is 177 Å². The minimum atomic E-state index is -2.87. The van der Waals surface area contributed by atoms with Crippen molar-refractivity contribution in [2.24, 2.45) is 11.7 Å². The Balaban J connectivity index is 1.54. The molecule has 1 atom stereocenters. The van der Waals surface area contributed by atoms with Gasteiger partial charge in [0, 0.05) is 23.9 Å². The number of aromatic nitrogens is 2. The van der Waals surface area contributed by atoms with Gasteiger partial charge in [0.1, 0.15) is 28.9 Å². The van der Waals surface area contributed by atoms with Crippen LogP contribution in [0.15, 0.2) is 36.4 Å². The van der Waals surface area contributed by atoms with E-state index in [1.165, 1.54) is 12.1 Å². The minimum Gasteiger partial charge on any atom is -0.491 e. The van der Waals surface area contributed by atoms with Gasteiger partial charge in [0.05, 0.1) is 12.1 Å². The molecule has 7 nitrogen and oxygen atoms in total. The van der Waals surface area contributed by atoms with Gasteiger partial charge in [-0.2, -0.15) is 8.78 Å². The summed E-state index contributed by atoms with van der Waals surface area (Å²) in [6.07, 6.45) is 2.76. The number of hydrogen-bond donors (Lipinski definition) is 2. The van der Waals surface area contributed by atoms with Crippen LogP contribution in [-0.4, -0.2) is 34.7 Å². The van der Waals surface area contributed by atoms with Gasteiger partial charge in [0.2, 0.25) is 5.91 Å². The molecule has 1 fully saturated rings. The van der Waals surface area contributed by atoms with Gasteiger partial charge in [-0.1, -0.05) is 0 Å². The number of nitrogens with two attached hydrogens (primary N) is 1. The van der Waals surface area contributed by atoms with Gasteiger partial charge in [-0.05, 0) is 55.5 Å². The molecule has 1 aromatic heterocycles. The number of nitrogens with one attached hydrogen (secondary N) is 1. The summed E-state index contributed by atoms with van der Waals surface area (Å²) < 4.78 is 37.4. The van der Waals surface area contributed by atoms with Crippen LogP contribution in [0.2, 0.25) is 0 Å². The van der Waals surface area contributed by atoms with Crippen molar-refractivity contribution in [3.63, 3.8) is 0 Å². The smallest absolute Gasteiger partial charge is 0.387 e. The molecule has 0 spiro atoms. The third-order valence-corrected chi connectivity index (χ3v) is 5.65. The Hall–Kier alpha value is -3.36. The summed E-state index contributed by atoms with van der Waals surface area (Å²) in [6.45, 7) is -1.59. The van der Waals surface area contributed by atoms with Gasteiger partial charge < -0.3 is 25.1 Å². The lowest BCUT2D eigenvalue weighted by atomic mass is 10.1. The molecule has 0 unspecified atom stereocenters. The number of alkyl halides is 2. The Bertz CT molecular complexity index is 1130. The molecular weight excluding hydrogens is 406 g/mol. The van der Waals surface area contributed by atoms with Crippen LogP contribution in [0.5, 0.6) is 11.5 Å². The SMILES string of the molecule is NC(=O)[C@@H](Nc1cc2c3c(c1)nc(-c1ccc(OC(F)F)cc1)n3CCCO2)C1CC1. The van der Waals surface area contributed by atoms with E-state index in [1.54, 1.807) is 12.1 Å². The predicted molar refractivity (Wildman–Crippen MR) is 111 cm³/mol. The minimum absolute atomic E-state index is 0.0961. The summed E-state index contributed by atoms with van der Waals surface area (Å²) in [7, 11) is 0. The number of hydrogen-bond acceptors (Lipinski definition) is 5. The summed E-state index contributed by atoms with van der Waals surface area (Å²) in [5, 5.41) is 3.25. The summed E-state index contributed by atoms with van der Waals surface area (Å²) >= 11 is 0. The molecule has 1 amide bonds. The number of amides is 1. The molecule has 2 aliphatic rings.